The lowest BCUT2D eigenvalue weighted by atomic mass is 9.93. The Balaban J connectivity index is 2.40. The highest BCUT2D eigenvalue weighted by atomic mass is 16.5. The van der Waals surface area contributed by atoms with Crippen LogP contribution < -0.4 is 0 Å². The molecular weight excluding hydrogens is 166 g/mol. The van der Waals surface area contributed by atoms with E-state index in [1.54, 1.807) is 7.11 Å². The zero-order chi connectivity index (χ0) is 9.73. The van der Waals surface area contributed by atoms with E-state index < -0.39 is 5.60 Å². The van der Waals surface area contributed by atoms with Gasteiger partial charge < -0.3 is 14.4 Å². The van der Waals surface area contributed by atoms with E-state index in [2.05, 4.69) is 11.8 Å². The summed E-state index contributed by atoms with van der Waals surface area (Å²) in [5.41, 5.74) is -0.482. The Kier molecular flexibility index (Phi) is 3.88. The molecule has 1 aliphatic heterocycles. The number of carbonyl (C=O) groups excluding carboxylic acids is 1. The Bertz CT molecular complexity index is 162. The van der Waals surface area contributed by atoms with Crippen LogP contribution in [-0.4, -0.2) is 43.5 Å². The number of nitrogens with zero attached hydrogens (tertiary/aromatic N) is 1. The first kappa shape index (κ1) is 10.7. The first-order valence-electron chi connectivity index (χ1n) is 5.00. The number of carbonyl (C=O) groups is 1. The van der Waals surface area contributed by atoms with Gasteiger partial charge in [-0.2, -0.15) is 0 Å². The lowest BCUT2D eigenvalue weighted by Crippen LogP contribution is -2.46. The lowest BCUT2D eigenvalue weighted by Gasteiger charge is -2.36. The van der Waals surface area contributed by atoms with Crippen molar-refractivity contribution in [1.82, 2.24) is 4.90 Å². The third-order valence-electron chi connectivity index (χ3n) is 2.86. The van der Waals surface area contributed by atoms with Crippen molar-refractivity contribution in [3.8, 4) is 0 Å². The summed E-state index contributed by atoms with van der Waals surface area (Å²) in [5, 5.41) is 0. The summed E-state index contributed by atoms with van der Waals surface area (Å²) >= 11 is 0. The van der Waals surface area contributed by atoms with Crippen molar-refractivity contribution in [3.63, 3.8) is 0 Å². The minimum absolute atomic E-state index is 0.482. The second kappa shape index (κ2) is 4.72. The molecule has 1 fully saturated rings. The zero-order valence-electron chi connectivity index (χ0n) is 8.58. The van der Waals surface area contributed by atoms with Gasteiger partial charge in [0.05, 0.1) is 0 Å². The van der Waals surface area contributed by atoms with Gasteiger partial charge in [0.25, 0.3) is 0 Å². The Morgan fingerprint density at radius 2 is 2.08 bits per heavy atom. The highest BCUT2D eigenvalue weighted by Gasteiger charge is 2.33. The first-order valence-corrected chi connectivity index (χ1v) is 5.00. The van der Waals surface area contributed by atoms with E-state index in [9.17, 15) is 4.79 Å². The molecule has 1 rings (SSSR count). The summed E-state index contributed by atoms with van der Waals surface area (Å²) in [5.74, 6) is 0. The molecular formula is C10H19NO2. The predicted molar refractivity (Wildman–Crippen MR) is 51.8 cm³/mol. The molecule has 0 N–H and O–H groups in total. The number of piperidine rings is 1. The van der Waals surface area contributed by atoms with E-state index >= 15 is 0 Å². The number of hydrogen-bond acceptors (Lipinski definition) is 3. The smallest absolute Gasteiger partial charge is 0.151 e. The van der Waals surface area contributed by atoms with Crippen LogP contribution >= 0.6 is 0 Å². The predicted octanol–water partition coefficient (Wildman–Crippen LogP) is 1.08. The molecule has 3 heteroatoms. The number of likely N-dealkylation sites (tertiary alicyclic amines) is 1. The van der Waals surface area contributed by atoms with Crippen LogP contribution in [-0.2, 0) is 9.53 Å². The molecule has 0 aromatic carbocycles. The standard InChI is InChI=1S/C10H19NO2/c1-3-6-11-7-4-10(9-12,13-2)5-8-11/h9H,3-8H2,1-2H3. The van der Waals surface area contributed by atoms with Gasteiger partial charge in [0.2, 0.25) is 0 Å². The Hall–Kier alpha value is -0.410. The Labute approximate surface area is 80.1 Å². The van der Waals surface area contributed by atoms with Crippen molar-refractivity contribution in [1.29, 1.82) is 0 Å². The zero-order valence-corrected chi connectivity index (χ0v) is 8.58. The largest absolute Gasteiger partial charge is 0.371 e. The van der Waals surface area contributed by atoms with Gasteiger partial charge in [0, 0.05) is 20.2 Å². The van der Waals surface area contributed by atoms with Gasteiger partial charge in [0.15, 0.2) is 6.29 Å². The maximum absolute atomic E-state index is 10.8. The van der Waals surface area contributed by atoms with E-state index in [1.165, 1.54) is 6.42 Å². The van der Waals surface area contributed by atoms with Gasteiger partial charge in [-0.1, -0.05) is 6.92 Å². The molecule has 0 saturated carbocycles. The van der Waals surface area contributed by atoms with Crippen molar-refractivity contribution in [3.05, 3.63) is 0 Å². The van der Waals surface area contributed by atoms with Crippen molar-refractivity contribution in [2.24, 2.45) is 0 Å². The Morgan fingerprint density at radius 1 is 1.46 bits per heavy atom. The molecule has 0 amide bonds. The lowest BCUT2D eigenvalue weighted by molar-refractivity contribution is -0.133. The molecule has 0 radical (unpaired) electrons. The molecule has 0 spiro atoms. The summed E-state index contributed by atoms with van der Waals surface area (Å²) in [7, 11) is 1.63. The summed E-state index contributed by atoms with van der Waals surface area (Å²) in [6, 6.07) is 0. The van der Waals surface area contributed by atoms with Crippen molar-refractivity contribution >= 4 is 6.29 Å². The normalized spacial score (nSPS) is 22.9. The summed E-state index contributed by atoms with van der Waals surface area (Å²) in [6.07, 6.45) is 3.83. The van der Waals surface area contributed by atoms with Crippen LogP contribution in [0.3, 0.4) is 0 Å². The average Bonchev–Trinajstić information content (AvgIpc) is 2.20. The van der Waals surface area contributed by atoms with E-state index in [0.29, 0.717) is 0 Å². The molecule has 0 aromatic heterocycles. The van der Waals surface area contributed by atoms with Crippen LogP contribution in [0.25, 0.3) is 0 Å². The first-order chi connectivity index (χ1) is 6.26. The molecule has 0 aromatic rings. The fourth-order valence-corrected chi connectivity index (χ4v) is 1.84. The molecule has 1 aliphatic rings. The highest BCUT2D eigenvalue weighted by Crippen LogP contribution is 2.23. The maximum Gasteiger partial charge on any atom is 0.151 e. The topological polar surface area (TPSA) is 29.5 Å². The van der Waals surface area contributed by atoms with Crippen LogP contribution in [0, 0.1) is 0 Å². The molecule has 1 heterocycles. The quantitative estimate of drug-likeness (QED) is 0.614. The third kappa shape index (κ3) is 2.51. The number of hydrogen-bond donors (Lipinski definition) is 0. The second-order valence-electron chi connectivity index (χ2n) is 3.73. The van der Waals surface area contributed by atoms with Gasteiger partial charge in [-0.3, -0.25) is 0 Å². The molecule has 0 aliphatic carbocycles. The van der Waals surface area contributed by atoms with Gasteiger partial charge in [-0.25, -0.2) is 0 Å². The second-order valence-corrected chi connectivity index (χ2v) is 3.73. The SMILES string of the molecule is CCCN1CCC(C=O)(OC)CC1. The molecule has 3 nitrogen and oxygen atoms in total. The third-order valence-corrected chi connectivity index (χ3v) is 2.86. The van der Waals surface area contributed by atoms with Gasteiger partial charge >= 0.3 is 0 Å². The number of rotatable bonds is 4. The number of aldehydes is 1. The molecule has 76 valence electrons. The number of methoxy groups -OCH3 is 1. The van der Waals surface area contributed by atoms with E-state index in [-0.39, 0.29) is 0 Å². The highest BCUT2D eigenvalue weighted by molar-refractivity contribution is 5.62. The van der Waals surface area contributed by atoms with Crippen LogP contribution in [0.15, 0.2) is 0 Å². The molecule has 0 atom stereocenters. The van der Waals surface area contributed by atoms with Crippen molar-refractivity contribution in [2.45, 2.75) is 31.8 Å². The van der Waals surface area contributed by atoms with Crippen LogP contribution in [0.1, 0.15) is 26.2 Å². The molecule has 0 unspecified atom stereocenters. The molecule has 1 saturated heterocycles. The summed E-state index contributed by atoms with van der Waals surface area (Å²) in [4.78, 5) is 13.2. The molecule has 0 bridgehead atoms. The average molecular weight is 185 g/mol. The fraction of sp³-hybridized carbons (Fsp3) is 0.900. The Morgan fingerprint density at radius 3 is 2.46 bits per heavy atom. The molecule has 13 heavy (non-hydrogen) atoms. The fourth-order valence-electron chi connectivity index (χ4n) is 1.84. The van der Waals surface area contributed by atoms with Gasteiger partial charge in [-0.05, 0) is 25.8 Å². The van der Waals surface area contributed by atoms with Crippen molar-refractivity contribution < 1.29 is 9.53 Å². The van der Waals surface area contributed by atoms with Crippen LogP contribution in [0.2, 0.25) is 0 Å². The van der Waals surface area contributed by atoms with Crippen molar-refractivity contribution in [2.75, 3.05) is 26.7 Å². The minimum atomic E-state index is -0.482. The number of ether oxygens (including phenoxy) is 1. The maximum atomic E-state index is 10.8. The van der Waals surface area contributed by atoms with Crippen LogP contribution in [0.5, 0.6) is 0 Å². The summed E-state index contributed by atoms with van der Waals surface area (Å²) < 4.78 is 5.26. The van der Waals surface area contributed by atoms with Gasteiger partial charge in [0.1, 0.15) is 5.60 Å². The van der Waals surface area contributed by atoms with E-state index in [1.807, 2.05) is 0 Å². The van der Waals surface area contributed by atoms with Crippen LogP contribution in [0.4, 0.5) is 0 Å². The van der Waals surface area contributed by atoms with Gasteiger partial charge in [-0.15, -0.1) is 0 Å². The monoisotopic (exact) mass is 185 g/mol. The minimum Gasteiger partial charge on any atom is -0.371 e. The van der Waals surface area contributed by atoms with E-state index in [0.717, 1.165) is 38.8 Å². The van der Waals surface area contributed by atoms with E-state index in [4.69, 9.17) is 4.74 Å². The summed E-state index contributed by atoms with van der Waals surface area (Å²) in [6.45, 7) is 5.29.